The molecule has 0 aliphatic rings. The summed E-state index contributed by atoms with van der Waals surface area (Å²) in [6, 6.07) is 6.13. The minimum atomic E-state index is 0.950. The summed E-state index contributed by atoms with van der Waals surface area (Å²) in [7, 11) is 0. The number of nitrogens with one attached hydrogen (secondary N) is 1. The second kappa shape index (κ2) is 2.54. The molecule has 0 spiro atoms. The van der Waals surface area contributed by atoms with E-state index >= 15 is 0 Å². The molecule has 0 saturated heterocycles. The number of aryl methyl sites for hydroxylation is 1. The summed E-state index contributed by atoms with van der Waals surface area (Å²) in [5, 5.41) is 1.17. The van der Waals surface area contributed by atoms with Gasteiger partial charge in [0.05, 0.1) is 17.4 Å². The number of benzene rings is 1. The van der Waals surface area contributed by atoms with Gasteiger partial charge in [-0.3, -0.25) is 4.98 Å². The van der Waals surface area contributed by atoms with E-state index in [9.17, 15) is 0 Å². The largest absolute Gasteiger partial charge is 0.345 e. The first-order valence-corrected chi connectivity index (χ1v) is 4.53. The second-order valence-corrected chi connectivity index (χ2v) is 3.39. The Morgan fingerprint density at radius 1 is 1.21 bits per heavy atom. The van der Waals surface area contributed by atoms with Crippen molar-refractivity contribution in [2.75, 3.05) is 0 Å². The molecule has 1 aromatic carbocycles. The van der Waals surface area contributed by atoms with E-state index < -0.39 is 0 Å². The summed E-state index contributed by atoms with van der Waals surface area (Å²) in [5.41, 5.74) is 4.20. The van der Waals surface area contributed by atoms with Crippen LogP contribution in [0.2, 0.25) is 0 Å². The number of H-pyrrole nitrogens is 1. The summed E-state index contributed by atoms with van der Waals surface area (Å²) in [6.45, 7) is 2.09. The van der Waals surface area contributed by atoms with Gasteiger partial charge in [-0.2, -0.15) is 0 Å². The smallest absolute Gasteiger partial charge is 0.114 e. The molecule has 14 heavy (non-hydrogen) atoms. The average molecular weight is 183 g/mol. The lowest BCUT2D eigenvalue weighted by Crippen LogP contribution is -1.83. The highest BCUT2D eigenvalue weighted by Crippen LogP contribution is 2.23. The van der Waals surface area contributed by atoms with Crippen molar-refractivity contribution in [3.05, 3.63) is 36.3 Å². The minimum Gasteiger partial charge on any atom is -0.345 e. The normalized spacial score (nSPS) is 11.2. The fourth-order valence-electron chi connectivity index (χ4n) is 1.81. The van der Waals surface area contributed by atoms with Crippen molar-refractivity contribution in [1.29, 1.82) is 0 Å². The van der Waals surface area contributed by atoms with Crippen LogP contribution in [0.3, 0.4) is 0 Å². The molecule has 0 saturated carbocycles. The van der Waals surface area contributed by atoms with Crippen LogP contribution in [0.4, 0.5) is 0 Å². The Bertz CT molecular complexity index is 610. The Hall–Kier alpha value is -1.90. The highest BCUT2D eigenvalue weighted by atomic mass is 14.9. The molecule has 2 heterocycles. The van der Waals surface area contributed by atoms with Crippen LogP contribution in [-0.4, -0.2) is 15.0 Å². The highest BCUT2D eigenvalue weighted by molar-refractivity contribution is 6.02. The first-order chi connectivity index (χ1) is 6.86. The van der Waals surface area contributed by atoms with Crippen LogP contribution in [0.25, 0.3) is 21.9 Å². The molecular formula is C11H9N3. The molecule has 0 unspecified atom stereocenters. The van der Waals surface area contributed by atoms with Gasteiger partial charge in [-0.1, -0.05) is 6.07 Å². The molecule has 3 rings (SSSR count). The standard InChI is InChI=1S/C11H9N3/c1-7-5-9-11(14-6-13-9)10-8(7)3-2-4-12-10/h2-6H,1H3,(H,13,14). The number of nitrogens with zero attached hydrogens (tertiary/aromatic N) is 2. The molecule has 0 aliphatic heterocycles. The molecule has 0 aliphatic carbocycles. The molecule has 3 nitrogen and oxygen atoms in total. The van der Waals surface area contributed by atoms with E-state index in [4.69, 9.17) is 0 Å². The number of fused-ring (bicyclic) bond motifs is 3. The van der Waals surface area contributed by atoms with Crippen LogP contribution in [0, 0.1) is 6.92 Å². The van der Waals surface area contributed by atoms with Gasteiger partial charge in [-0.05, 0) is 24.6 Å². The molecule has 0 bridgehead atoms. The molecule has 0 atom stereocenters. The van der Waals surface area contributed by atoms with Crippen molar-refractivity contribution in [2.24, 2.45) is 0 Å². The fourth-order valence-corrected chi connectivity index (χ4v) is 1.81. The molecule has 68 valence electrons. The van der Waals surface area contributed by atoms with E-state index in [0.717, 1.165) is 16.6 Å². The third-order valence-electron chi connectivity index (χ3n) is 2.49. The van der Waals surface area contributed by atoms with Gasteiger partial charge >= 0.3 is 0 Å². The lowest BCUT2D eigenvalue weighted by atomic mass is 10.1. The van der Waals surface area contributed by atoms with Gasteiger partial charge < -0.3 is 4.98 Å². The summed E-state index contributed by atoms with van der Waals surface area (Å²) in [6.07, 6.45) is 3.51. The second-order valence-electron chi connectivity index (χ2n) is 3.39. The van der Waals surface area contributed by atoms with Gasteiger partial charge in [0, 0.05) is 11.6 Å². The number of pyridine rings is 1. The molecule has 3 aromatic rings. The molecule has 0 radical (unpaired) electrons. The van der Waals surface area contributed by atoms with Gasteiger partial charge in [0.25, 0.3) is 0 Å². The van der Waals surface area contributed by atoms with Crippen LogP contribution in [0.15, 0.2) is 30.7 Å². The number of aromatic nitrogens is 3. The maximum atomic E-state index is 4.36. The van der Waals surface area contributed by atoms with Gasteiger partial charge in [-0.15, -0.1) is 0 Å². The van der Waals surface area contributed by atoms with Gasteiger partial charge in [0.1, 0.15) is 5.52 Å². The predicted octanol–water partition coefficient (Wildman–Crippen LogP) is 2.42. The molecule has 0 fully saturated rings. The minimum absolute atomic E-state index is 0.950. The molecule has 0 amide bonds. The third kappa shape index (κ3) is 0.865. The van der Waals surface area contributed by atoms with Crippen molar-refractivity contribution in [3.8, 4) is 0 Å². The maximum absolute atomic E-state index is 4.36. The maximum Gasteiger partial charge on any atom is 0.114 e. The van der Waals surface area contributed by atoms with E-state index in [-0.39, 0.29) is 0 Å². The van der Waals surface area contributed by atoms with Crippen LogP contribution in [0.5, 0.6) is 0 Å². The molecule has 3 heteroatoms. The van der Waals surface area contributed by atoms with Gasteiger partial charge in [-0.25, -0.2) is 4.98 Å². The topological polar surface area (TPSA) is 41.6 Å². The van der Waals surface area contributed by atoms with E-state index in [1.54, 1.807) is 12.5 Å². The van der Waals surface area contributed by atoms with Crippen molar-refractivity contribution in [3.63, 3.8) is 0 Å². The van der Waals surface area contributed by atoms with Crippen molar-refractivity contribution < 1.29 is 0 Å². The van der Waals surface area contributed by atoms with Crippen molar-refractivity contribution in [1.82, 2.24) is 15.0 Å². The number of hydrogen-bond donors (Lipinski definition) is 1. The zero-order valence-electron chi connectivity index (χ0n) is 7.78. The lowest BCUT2D eigenvalue weighted by Gasteiger charge is -2.01. The zero-order valence-corrected chi connectivity index (χ0v) is 7.78. The molecule has 1 N–H and O–H groups in total. The Morgan fingerprint density at radius 2 is 2.14 bits per heavy atom. The third-order valence-corrected chi connectivity index (χ3v) is 2.49. The van der Waals surface area contributed by atoms with Gasteiger partial charge in [0.2, 0.25) is 0 Å². The summed E-state index contributed by atoms with van der Waals surface area (Å²) >= 11 is 0. The summed E-state index contributed by atoms with van der Waals surface area (Å²) in [5.74, 6) is 0. The lowest BCUT2D eigenvalue weighted by molar-refractivity contribution is 1.34. The SMILES string of the molecule is Cc1cc2[nH]cnc2c2ncccc12. The monoisotopic (exact) mass is 183 g/mol. The van der Waals surface area contributed by atoms with Crippen LogP contribution in [-0.2, 0) is 0 Å². The highest BCUT2D eigenvalue weighted by Gasteiger charge is 2.05. The summed E-state index contributed by atoms with van der Waals surface area (Å²) < 4.78 is 0. The van der Waals surface area contributed by atoms with Crippen molar-refractivity contribution >= 4 is 21.9 Å². The van der Waals surface area contributed by atoms with Crippen molar-refractivity contribution in [2.45, 2.75) is 6.92 Å². The van der Waals surface area contributed by atoms with E-state index in [2.05, 4.69) is 34.0 Å². The zero-order chi connectivity index (χ0) is 9.54. The van der Waals surface area contributed by atoms with Gasteiger partial charge in [0.15, 0.2) is 0 Å². The van der Waals surface area contributed by atoms with E-state index in [1.165, 1.54) is 10.9 Å². The molecule has 2 aromatic heterocycles. The van der Waals surface area contributed by atoms with Crippen LogP contribution >= 0.6 is 0 Å². The van der Waals surface area contributed by atoms with E-state index in [0.29, 0.717) is 0 Å². The number of aromatic amines is 1. The molecular weight excluding hydrogens is 174 g/mol. The fraction of sp³-hybridized carbons (Fsp3) is 0.0909. The first-order valence-electron chi connectivity index (χ1n) is 4.53. The first kappa shape index (κ1) is 7.50. The average Bonchev–Trinajstić information content (AvgIpc) is 2.66. The Balaban J connectivity index is 2.67. The van der Waals surface area contributed by atoms with Crippen LogP contribution < -0.4 is 0 Å². The number of imidazole rings is 1. The summed E-state index contributed by atoms with van der Waals surface area (Å²) in [4.78, 5) is 11.7. The quantitative estimate of drug-likeness (QED) is 0.581. The Labute approximate surface area is 80.8 Å². The number of rotatable bonds is 0. The predicted molar refractivity (Wildman–Crippen MR) is 56.1 cm³/mol. The number of hydrogen-bond acceptors (Lipinski definition) is 2. The van der Waals surface area contributed by atoms with Crippen LogP contribution in [0.1, 0.15) is 5.56 Å². The Morgan fingerprint density at radius 3 is 3.07 bits per heavy atom. The van der Waals surface area contributed by atoms with E-state index in [1.807, 2.05) is 6.07 Å². The Kier molecular flexibility index (Phi) is 1.36.